The number of nitrogens with one attached hydrogen (secondary N) is 1. The molecule has 2 rings (SSSR count). The van der Waals surface area contributed by atoms with E-state index in [1.807, 2.05) is 44.3 Å². The summed E-state index contributed by atoms with van der Waals surface area (Å²) in [5.41, 5.74) is 1.03. The first-order valence-corrected chi connectivity index (χ1v) is 5.86. The monoisotopic (exact) mass is 230 g/mol. The normalized spacial score (nSPS) is 14.8. The Hall–Kier alpha value is -1.45. The Balaban J connectivity index is 2.35. The van der Waals surface area contributed by atoms with Crippen LogP contribution in [0, 0.1) is 0 Å². The molecule has 90 valence electrons. The van der Waals surface area contributed by atoms with Crippen molar-refractivity contribution in [1.82, 2.24) is 10.3 Å². The lowest BCUT2D eigenvalue weighted by molar-refractivity contribution is 0.0486. The van der Waals surface area contributed by atoms with Crippen LogP contribution in [0.1, 0.15) is 18.9 Å². The molecule has 1 aromatic heterocycles. The average molecular weight is 230 g/mol. The molecule has 0 radical (unpaired) electrons. The maximum atomic E-state index is 10.4. The van der Waals surface area contributed by atoms with Gasteiger partial charge in [0.05, 0.1) is 11.1 Å². The van der Waals surface area contributed by atoms with Crippen molar-refractivity contribution in [2.45, 2.75) is 18.9 Å². The lowest BCUT2D eigenvalue weighted by Gasteiger charge is -2.24. The maximum Gasteiger partial charge on any atom is 0.0881 e. The Bertz CT molecular complexity index is 508. The Morgan fingerprint density at radius 2 is 2.18 bits per heavy atom. The van der Waals surface area contributed by atoms with Gasteiger partial charge in [-0.25, -0.2) is 0 Å². The molecule has 0 fully saturated rings. The Morgan fingerprint density at radius 3 is 2.94 bits per heavy atom. The second kappa shape index (κ2) is 4.82. The SMILES string of the molecule is CNCCC(C)(O)c1ccc2cccnc2c1. The average Bonchev–Trinajstić information content (AvgIpc) is 2.36. The number of fused-ring (bicyclic) bond motifs is 1. The minimum Gasteiger partial charge on any atom is -0.385 e. The zero-order chi connectivity index (χ0) is 12.3. The quantitative estimate of drug-likeness (QED) is 0.845. The lowest BCUT2D eigenvalue weighted by Crippen LogP contribution is -2.26. The number of hydrogen-bond donors (Lipinski definition) is 2. The molecule has 3 nitrogen and oxygen atoms in total. The summed E-state index contributed by atoms with van der Waals surface area (Å²) in [7, 11) is 1.89. The summed E-state index contributed by atoms with van der Waals surface area (Å²) in [6.07, 6.45) is 2.45. The van der Waals surface area contributed by atoms with E-state index in [0.717, 1.165) is 23.0 Å². The molecule has 3 heteroatoms. The molecule has 1 heterocycles. The molecule has 1 unspecified atom stereocenters. The summed E-state index contributed by atoms with van der Waals surface area (Å²) < 4.78 is 0. The van der Waals surface area contributed by atoms with Gasteiger partial charge in [0, 0.05) is 11.6 Å². The van der Waals surface area contributed by atoms with Crippen LogP contribution in [-0.4, -0.2) is 23.7 Å². The van der Waals surface area contributed by atoms with E-state index in [9.17, 15) is 5.11 Å². The standard InChI is InChI=1S/C14H18N2O/c1-14(17,7-9-15-2)12-6-5-11-4-3-8-16-13(11)10-12/h3-6,8,10,15,17H,7,9H2,1-2H3. The number of aliphatic hydroxyl groups is 1. The molecule has 2 aromatic rings. The first kappa shape index (κ1) is 12.0. The molecular formula is C14H18N2O. The van der Waals surface area contributed by atoms with Crippen molar-refractivity contribution in [3.63, 3.8) is 0 Å². The predicted octanol–water partition coefficient (Wildman–Crippen LogP) is 2.05. The van der Waals surface area contributed by atoms with Gasteiger partial charge in [-0.1, -0.05) is 18.2 Å². The molecule has 1 atom stereocenters. The molecule has 0 saturated carbocycles. The molecule has 17 heavy (non-hydrogen) atoms. The number of aromatic nitrogens is 1. The fourth-order valence-corrected chi connectivity index (χ4v) is 1.91. The van der Waals surface area contributed by atoms with Crippen LogP contribution in [0.2, 0.25) is 0 Å². The third-order valence-corrected chi connectivity index (χ3v) is 3.09. The van der Waals surface area contributed by atoms with Gasteiger partial charge in [-0.2, -0.15) is 0 Å². The molecule has 0 spiro atoms. The van der Waals surface area contributed by atoms with Crippen LogP contribution >= 0.6 is 0 Å². The molecular weight excluding hydrogens is 212 g/mol. The first-order valence-electron chi connectivity index (χ1n) is 5.86. The summed E-state index contributed by atoms with van der Waals surface area (Å²) in [6.45, 7) is 2.63. The third kappa shape index (κ3) is 2.62. The highest BCUT2D eigenvalue weighted by molar-refractivity contribution is 5.79. The van der Waals surface area contributed by atoms with E-state index in [4.69, 9.17) is 0 Å². The smallest absolute Gasteiger partial charge is 0.0881 e. The molecule has 0 aliphatic rings. The fraction of sp³-hybridized carbons (Fsp3) is 0.357. The molecule has 0 amide bonds. The van der Waals surface area contributed by atoms with E-state index >= 15 is 0 Å². The van der Waals surface area contributed by atoms with Crippen molar-refractivity contribution in [2.75, 3.05) is 13.6 Å². The van der Waals surface area contributed by atoms with E-state index in [1.54, 1.807) is 6.20 Å². The summed E-state index contributed by atoms with van der Waals surface area (Å²) >= 11 is 0. The van der Waals surface area contributed by atoms with E-state index in [1.165, 1.54) is 0 Å². The van der Waals surface area contributed by atoms with Gasteiger partial charge in [0.1, 0.15) is 0 Å². The molecule has 0 bridgehead atoms. The number of nitrogens with zero attached hydrogens (tertiary/aromatic N) is 1. The summed E-state index contributed by atoms with van der Waals surface area (Å²) in [5.74, 6) is 0. The summed E-state index contributed by atoms with van der Waals surface area (Å²) in [5, 5.41) is 14.6. The molecule has 1 aromatic carbocycles. The van der Waals surface area contributed by atoms with Crippen LogP contribution in [-0.2, 0) is 5.60 Å². The highest BCUT2D eigenvalue weighted by Crippen LogP contribution is 2.26. The van der Waals surface area contributed by atoms with Crippen molar-refractivity contribution in [1.29, 1.82) is 0 Å². The van der Waals surface area contributed by atoms with E-state index in [-0.39, 0.29) is 0 Å². The van der Waals surface area contributed by atoms with Crippen LogP contribution in [0.5, 0.6) is 0 Å². The van der Waals surface area contributed by atoms with E-state index in [0.29, 0.717) is 6.42 Å². The maximum absolute atomic E-state index is 10.4. The largest absolute Gasteiger partial charge is 0.385 e. The zero-order valence-corrected chi connectivity index (χ0v) is 10.3. The zero-order valence-electron chi connectivity index (χ0n) is 10.3. The minimum absolute atomic E-state index is 0.682. The second-order valence-electron chi connectivity index (χ2n) is 4.54. The van der Waals surface area contributed by atoms with Crippen molar-refractivity contribution >= 4 is 10.9 Å². The van der Waals surface area contributed by atoms with Crippen LogP contribution in [0.15, 0.2) is 36.5 Å². The van der Waals surface area contributed by atoms with Crippen LogP contribution in [0.3, 0.4) is 0 Å². The molecule has 2 N–H and O–H groups in total. The van der Waals surface area contributed by atoms with Gasteiger partial charge in [-0.15, -0.1) is 0 Å². The number of rotatable bonds is 4. The lowest BCUT2D eigenvalue weighted by atomic mass is 9.92. The van der Waals surface area contributed by atoms with Crippen LogP contribution in [0.4, 0.5) is 0 Å². The molecule has 0 aliphatic heterocycles. The van der Waals surface area contributed by atoms with Crippen molar-refractivity contribution in [3.05, 3.63) is 42.1 Å². The van der Waals surface area contributed by atoms with E-state index < -0.39 is 5.60 Å². The van der Waals surface area contributed by atoms with Crippen molar-refractivity contribution in [3.8, 4) is 0 Å². The summed E-state index contributed by atoms with van der Waals surface area (Å²) in [4.78, 5) is 4.31. The Morgan fingerprint density at radius 1 is 1.35 bits per heavy atom. The Labute approximate surface area is 102 Å². The first-order chi connectivity index (χ1) is 8.13. The number of hydrogen-bond acceptors (Lipinski definition) is 3. The fourth-order valence-electron chi connectivity index (χ4n) is 1.91. The number of benzene rings is 1. The van der Waals surface area contributed by atoms with Gasteiger partial charge in [0.15, 0.2) is 0 Å². The van der Waals surface area contributed by atoms with Gasteiger partial charge in [-0.3, -0.25) is 4.98 Å². The minimum atomic E-state index is -0.811. The third-order valence-electron chi connectivity index (χ3n) is 3.09. The Kier molecular flexibility index (Phi) is 3.41. The van der Waals surface area contributed by atoms with Gasteiger partial charge in [-0.05, 0) is 44.6 Å². The number of pyridine rings is 1. The molecule has 0 saturated heterocycles. The van der Waals surface area contributed by atoms with Crippen molar-refractivity contribution in [2.24, 2.45) is 0 Å². The van der Waals surface area contributed by atoms with Gasteiger partial charge < -0.3 is 10.4 Å². The summed E-state index contributed by atoms with van der Waals surface area (Å²) in [6, 6.07) is 9.88. The van der Waals surface area contributed by atoms with Crippen LogP contribution < -0.4 is 5.32 Å². The molecule has 0 aliphatic carbocycles. The second-order valence-corrected chi connectivity index (χ2v) is 4.54. The highest BCUT2D eigenvalue weighted by Gasteiger charge is 2.22. The van der Waals surface area contributed by atoms with Crippen molar-refractivity contribution < 1.29 is 5.11 Å². The van der Waals surface area contributed by atoms with Gasteiger partial charge >= 0.3 is 0 Å². The van der Waals surface area contributed by atoms with Gasteiger partial charge in [0.25, 0.3) is 0 Å². The van der Waals surface area contributed by atoms with E-state index in [2.05, 4.69) is 10.3 Å². The van der Waals surface area contributed by atoms with Crippen LogP contribution in [0.25, 0.3) is 10.9 Å². The van der Waals surface area contributed by atoms with Gasteiger partial charge in [0.2, 0.25) is 0 Å². The highest BCUT2D eigenvalue weighted by atomic mass is 16.3. The topological polar surface area (TPSA) is 45.1 Å². The predicted molar refractivity (Wildman–Crippen MR) is 69.9 cm³/mol.